The van der Waals surface area contributed by atoms with Gasteiger partial charge in [-0.2, -0.15) is 5.10 Å². The highest BCUT2D eigenvalue weighted by molar-refractivity contribution is 6.33. The van der Waals surface area contributed by atoms with Crippen molar-refractivity contribution < 1.29 is 28.6 Å². The van der Waals surface area contributed by atoms with E-state index in [9.17, 15) is 14.4 Å². The lowest BCUT2D eigenvalue weighted by atomic mass is 10.2. The molecule has 3 aromatic carbocycles. The summed E-state index contributed by atoms with van der Waals surface area (Å²) in [6, 6.07) is 18.0. The summed E-state index contributed by atoms with van der Waals surface area (Å²) < 4.78 is 16.5. The Labute approximate surface area is 219 Å². The number of hydrazone groups is 1. The second kappa shape index (κ2) is 13.6. The quantitative estimate of drug-likeness (QED) is 0.168. The first-order valence-electron chi connectivity index (χ1n) is 11.5. The zero-order valence-corrected chi connectivity index (χ0v) is 21.1. The molecule has 37 heavy (non-hydrogen) atoms. The van der Waals surface area contributed by atoms with E-state index in [1.54, 1.807) is 73.7 Å². The number of carbonyl (C=O) groups is 3. The van der Waals surface area contributed by atoms with E-state index in [1.807, 2.05) is 6.92 Å². The number of ether oxygens (including phenoxy) is 3. The highest BCUT2D eigenvalue weighted by Crippen LogP contribution is 2.29. The Kier molecular flexibility index (Phi) is 10.0. The van der Waals surface area contributed by atoms with E-state index in [0.29, 0.717) is 35.8 Å². The van der Waals surface area contributed by atoms with Crippen LogP contribution in [0.5, 0.6) is 17.2 Å². The van der Waals surface area contributed by atoms with Gasteiger partial charge >= 0.3 is 5.97 Å². The van der Waals surface area contributed by atoms with Crippen molar-refractivity contribution in [2.24, 2.45) is 5.10 Å². The fourth-order valence-corrected chi connectivity index (χ4v) is 3.31. The summed E-state index contributed by atoms with van der Waals surface area (Å²) in [6.07, 6.45) is 1.40. The van der Waals surface area contributed by atoms with Crippen molar-refractivity contribution in [3.05, 3.63) is 88.4 Å². The van der Waals surface area contributed by atoms with Crippen molar-refractivity contribution in [1.29, 1.82) is 0 Å². The monoisotopic (exact) mass is 523 g/mol. The van der Waals surface area contributed by atoms with Gasteiger partial charge in [-0.3, -0.25) is 9.59 Å². The van der Waals surface area contributed by atoms with Crippen LogP contribution in [0.1, 0.15) is 40.1 Å². The van der Waals surface area contributed by atoms with Crippen molar-refractivity contribution in [3.63, 3.8) is 0 Å². The normalized spacial score (nSPS) is 10.6. The number of carbonyl (C=O) groups excluding carboxylic acids is 3. The van der Waals surface area contributed by atoms with Crippen LogP contribution in [0.3, 0.4) is 0 Å². The first-order chi connectivity index (χ1) is 17.9. The number of amides is 2. The van der Waals surface area contributed by atoms with E-state index >= 15 is 0 Å². The van der Waals surface area contributed by atoms with E-state index in [0.717, 1.165) is 0 Å². The fourth-order valence-electron chi connectivity index (χ4n) is 3.09. The van der Waals surface area contributed by atoms with Crippen LogP contribution in [0.15, 0.2) is 71.8 Å². The minimum absolute atomic E-state index is 0.240. The van der Waals surface area contributed by atoms with E-state index < -0.39 is 17.8 Å². The number of rotatable bonds is 11. The molecule has 192 valence electrons. The molecule has 0 aliphatic heterocycles. The molecule has 3 aromatic rings. The molecule has 0 spiro atoms. The van der Waals surface area contributed by atoms with Gasteiger partial charge in [-0.25, -0.2) is 10.2 Å². The summed E-state index contributed by atoms with van der Waals surface area (Å²) in [5.41, 5.74) is 3.55. The Morgan fingerprint density at radius 1 is 0.919 bits per heavy atom. The molecular formula is C27H26ClN3O6. The van der Waals surface area contributed by atoms with Gasteiger partial charge in [0.2, 0.25) is 0 Å². The lowest BCUT2D eigenvalue weighted by molar-refractivity contribution is -0.120. The van der Waals surface area contributed by atoms with Crippen molar-refractivity contribution in [1.82, 2.24) is 10.7 Å². The third-order valence-electron chi connectivity index (χ3n) is 4.80. The number of hydrogen-bond acceptors (Lipinski definition) is 7. The maximum atomic E-state index is 12.6. The first kappa shape index (κ1) is 27.2. The molecular weight excluding hydrogens is 498 g/mol. The highest BCUT2D eigenvalue weighted by atomic mass is 35.5. The molecule has 0 unspecified atom stereocenters. The molecule has 0 atom stereocenters. The summed E-state index contributed by atoms with van der Waals surface area (Å²) >= 11 is 5.98. The van der Waals surface area contributed by atoms with Gasteiger partial charge in [0, 0.05) is 0 Å². The zero-order chi connectivity index (χ0) is 26.6. The molecule has 2 N–H and O–H groups in total. The van der Waals surface area contributed by atoms with Gasteiger partial charge in [-0.1, -0.05) is 23.7 Å². The van der Waals surface area contributed by atoms with Gasteiger partial charge in [0.1, 0.15) is 5.75 Å². The molecule has 0 aliphatic carbocycles. The van der Waals surface area contributed by atoms with Crippen LogP contribution >= 0.6 is 11.6 Å². The Bertz CT molecular complexity index is 1280. The zero-order valence-electron chi connectivity index (χ0n) is 20.3. The van der Waals surface area contributed by atoms with Crippen molar-refractivity contribution in [2.75, 3.05) is 19.8 Å². The lowest BCUT2D eigenvalue weighted by Gasteiger charge is -2.11. The standard InChI is InChI=1S/C27H26ClN3O6/c1-3-35-20-12-10-19(11-13-20)27(34)37-23-14-9-18(15-24(23)36-4-2)16-30-31-25(32)17-29-26(33)21-7-5-6-8-22(21)28/h5-16H,3-4,17H2,1-2H3,(H,29,33)(H,31,32). The smallest absolute Gasteiger partial charge is 0.343 e. The molecule has 3 rings (SSSR count). The maximum absolute atomic E-state index is 12.6. The van der Waals surface area contributed by atoms with Crippen LogP contribution in [0.2, 0.25) is 5.02 Å². The molecule has 0 aromatic heterocycles. The predicted octanol–water partition coefficient (Wildman–Crippen LogP) is 4.24. The largest absolute Gasteiger partial charge is 0.494 e. The van der Waals surface area contributed by atoms with Crippen LogP contribution in [-0.4, -0.2) is 43.8 Å². The summed E-state index contributed by atoms with van der Waals surface area (Å²) in [4.78, 5) is 36.7. The molecule has 10 heteroatoms. The van der Waals surface area contributed by atoms with Crippen LogP contribution in [0.4, 0.5) is 0 Å². The van der Waals surface area contributed by atoms with Crippen molar-refractivity contribution in [3.8, 4) is 17.2 Å². The van der Waals surface area contributed by atoms with Crippen LogP contribution in [0, 0.1) is 0 Å². The van der Waals surface area contributed by atoms with Crippen LogP contribution in [0.25, 0.3) is 0 Å². The SMILES string of the molecule is CCOc1ccc(C(=O)Oc2ccc(C=NNC(=O)CNC(=O)c3ccccc3Cl)cc2OCC)cc1. The molecule has 0 saturated carbocycles. The number of nitrogens with one attached hydrogen (secondary N) is 2. The highest BCUT2D eigenvalue weighted by Gasteiger charge is 2.14. The van der Waals surface area contributed by atoms with E-state index in [-0.39, 0.29) is 22.9 Å². The topological polar surface area (TPSA) is 115 Å². The maximum Gasteiger partial charge on any atom is 0.343 e. The Morgan fingerprint density at radius 2 is 1.65 bits per heavy atom. The molecule has 0 fully saturated rings. The Morgan fingerprint density at radius 3 is 2.35 bits per heavy atom. The third kappa shape index (κ3) is 8.08. The lowest BCUT2D eigenvalue weighted by Crippen LogP contribution is -2.35. The average Bonchev–Trinajstić information content (AvgIpc) is 2.89. The minimum Gasteiger partial charge on any atom is -0.494 e. The predicted molar refractivity (Wildman–Crippen MR) is 140 cm³/mol. The molecule has 0 radical (unpaired) electrons. The second-order valence-corrected chi connectivity index (χ2v) is 7.85. The number of benzene rings is 3. The van der Waals surface area contributed by atoms with Gasteiger partial charge < -0.3 is 19.5 Å². The molecule has 0 aliphatic rings. The van der Waals surface area contributed by atoms with Crippen molar-refractivity contribution >= 4 is 35.6 Å². The van der Waals surface area contributed by atoms with Gasteiger partial charge in [0.05, 0.1) is 42.1 Å². The molecule has 9 nitrogen and oxygen atoms in total. The van der Waals surface area contributed by atoms with E-state index in [1.165, 1.54) is 6.21 Å². The number of halogens is 1. The van der Waals surface area contributed by atoms with Crippen LogP contribution < -0.4 is 25.0 Å². The summed E-state index contributed by atoms with van der Waals surface area (Å²) in [5, 5.41) is 6.66. The molecule has 0 saturated heterocycles. The number of nitrogens with zero attached hydrogens (tertiary/aromatic N) is 1. The summed E-state index contributed by atoms with van der Waals surface area (Å²) in [5.74, 6) is -0.304. The van der Waals surface area contributed by atoms with Gasteiger partial charge in [0.25, 0.3) is 11.8 Å². The van der Waals surface area contributed by atoms with Gasteiger partial charge in [-0.15, -0.1) is 0 Å². The summed E-state index contributed by atoms with van der Waals surface area (Å²) in [6.45, 7) is 4.27. The summed E-state index contributed by atoms with van der Waals surface area (Å²) in [7, 11) is 0. The van der Waals surface area contributed by atoms with Crippen LogP contribution in [-0.2, 0) is 4.79 Å². The Hall–Kier alpha value is -4.37. The number of hydrogen-bond donors (Lipinski definition) is 2. The van der Waals surface area contributed by atoms with Gasteiger partial charge in [-0.05, 0) is 74.0 Å². The van der Waals surface area contributed by atoms with E-state index in [4.69, 9.17) is 25.8 Å². The Balaban J connectivity index is 1.57. The molecule has 0 heterocycles. The van der Waals surface area contributed by atoms with Crippen molar-refractivity contribution in [2.45, 2.75) is 13.8 Å². The van der Waals surface area contributed by atoms with Gasteiger partial charge in [0.15, 0.2) is 11.5 Å². The molecule has 0 bridgehead atoms. The third-order valence-corrected chi connectivity index (χ3v) is 5.13. The average molecular weight is 524 g/mol. The first-order valence-corrected chi connectivity index (χ1v) is 11.9. The fraction of sp³-hybridized carbons (Fsp3) is 0.185. The molecule has 2 amide bonds. The second-order valence-electron chi connectivity index (χ2n) is 7.44. The van der Waals surface area contributed by atoms with E-state index in [2.05, 4.69) is 15.8 Å². The number of esters is 1. The minimum atomic E-state index is -0.545.